The fourth-order valence-corrected chi connectivity index (χ4v) is 3.53. The zero-order chi connectivity index (χ0) is 18.8. The zero-order valence-electron chi connectivity index (χ0n) is 15.9. The molecule has 140 valence electrons. The summed E-state index contributed by atoms with van der Waals surface area (Å²) < 4.78 is 2.14. The molecule has 0 atom stereocenters. The summed E-state index contributed by atoms with van der Waals surface area (Å²) in [5, 5.41) is 8.25. The minimum absolute atomic E-state index is 0.531. The van der Waals surface area contributed by atoms with Crippen LogP contribution in [0.3, 0.4) is 0 Å². The van der Waals surface area contributed by atoms with E-state index in [-0.39, 0.29) is 0 Å². The van der Waals surface area contributed by atoms with Gasteiger partial charge in [0.05, 0.1) is 5.69 Å². The van der Waals surface area contributed by atoms with E-state index in [1.807, 2.05) is 30.5 Å². The molecule has 0 bridgehead atoms. The molecule has 2 aromatic heterocycles. The first-order valence-electron chi connectivity index (χ1n) is 9.64. The number of hydrogen-bond donors (Lipinski definition) is 2. The minimum atomic E-state index is 0.531. The number of nitrogen functional groups attached to an aromatic ring is 1. The van der Waals surface area contributed by atoms with Crippen LogP contribution in [0.15, 0.2) is 36.5 Å². The summed E-state index contributed by atoms with van der Waals surface area (Å²) in [6, 6.07) is 9.90. The molecule has 1 aliphatic heterocycles. The van der Waals surface area contributed by atoms with Crippen LogP contribution in [0.1, 0.15) is 32.4 Å². The van der Waals surface area contributed by atoms with Gasteiger partial charge in [-0.2, -0.15) is 5.10 Å². The number of aromatic nitrogens is 4. The minimum Gasteiger partial charge on any atom is -0.399 e. The number of nitrogens with two attached hydrogens (primary N) is 1. The molecule has 6 heteroatoms. The van der Waals surface area contributed by atoms with Crippen LogP contribution >= 0.6 is 0 Å². The average molecular weight is 362 g/mol. The highest BCUT2D eigenvalue weighted by molar-refractivity contribution is 5.82. The molecule has 0 aliphatic carbocycles. The van der Waals surface area contributed by atoms with E-state index in [1.165, 1.54) is 12.1 Å². The third-order valence-corrected chi connectivity index (χ3v) is 4.83. The fraction of sp³-hybridized carbons (Fsp3) is 0.381. The average Bonchev–Trinajstić information content (AvgIpc) is 3.06. The molecule has 0 fully saturated rings. The first kappa shape index (κ1) is 17.5. The maximum atomic E-state index is 6.03. The Bertz CT molecular complexity index is 944. The van der Waals surface area contributed by atoms with E-state index in [0.29, 0.717) is 11.9 Å². The van der Waals surface area contributed by atoms with Gasteiger partial charge in [0.15, 0.2) is 0 Å². The third kappa shape index (κ3) is 3.65. The van der Waals surface area contributed by atoms with Gasteiger partial charge in [-0.1, -0.05) is 26.0 Å². The molecule has 3 heterocycles. The molecule has 0 radical (unpaired) electrons. The smallest absolute Gasteiger partial charge is 0.223 e. The maximum Gasteiger partial charge on any atom is 0.223 e. The molecule has 1 aliphatic rings. The summed E-state index contributed by atoms with van der Waals surface area (Å²) in [5.74, 6) is 1.19. The number of hydrogen-bond acceptors (Lipinski definition) is 5. The molecule has 6 nitrogen and oxygen atoms in total. The molecule has 4 rings (SSSR count). The van der Waals surface area contributed by atoms with Crippen LogP contribution in [-0.2, 0) is 13.0 Å². The second kappa shape index (κ2) is 7.39. The number of anilines is 2. The van der Waals surface area contributed by atoms with Crippen molar-refractivity contribution in [1.82, 2.24) is 19.7 Å². The number of fused-ring (bicyclic) bond motifs is 1. The van der Waals surface area contributed by atoms with E-state index in [2.05, 4.69) is 34.9 Å². The van der Waals surface area contributed by atoms with Crippen LogP contribution in [0.4, 0.5) is 11.6 Å². The lowest BCUT2D eigenvalue weighted by Gasteiger charge is -2.15. The molecule has 3 aromatic rings. The van der Waals surface area contributed by atoms with Gasteiger partial charge in [0.25, 0.3) is 0 Å². The zero-order valence-corrected chi connectivity index (χ0v) is 15.9. The Labute approximate surface area is 159 Å². The lowest BCUT2D eigenvalue weighted by atomic mass is 9.99. The Kier molecular flexibility index (Phi) is 4.79. The first-order chi connectivity index (χ1) is 13.1. The van der Waals surface area contributed by atoms with Gasteiger partial charge in [0, 0.05) is 41.8 Å². The third-order valence-electron chi connectivity index (χ3n) is 4.83. The van der Waals surface area contributed by atoms with E-state index in [1.54, 1.807) is 0 Å². The second-order valence-corrected chi connectivity index (χ2v) is 7.52. The van der Waals surface area contributed by atoms with Crippen molar-refractivity contribution in [1.29, 1.82) is 0 Å². The van der Waals surface area contributed by atoms with E-state index < -0.39 is 0 Å². The highest BCUT2D eigenvalue weighted by Crippen LogP contribution is 2.36. The van der Waals surface area contributed by atoms with Crippen LogP contribution in [0, 0.1) is 5.92 Å². The molecule has 0 saturated carbocycles. The lowest BCUT2D eigenvalue weighted by molar-refractivity contribution is 0.487. The summed E-state index contributed by atoms with van der Waals surface area (Å²) in [5.41, 5.74) is 12.0. The number of nitrogens with zero attached hydrogens (tertiary/aromatic N) is 4. The van der Waals surface area contributed by atoms with Crippen molar-refractivity contribution in [2.45, 2.75) is 39.7 Å². The van der Waals surface area contributed by atoms with E-state index >= 15 is 0 Å². The Hall–Kier alpha value is -2.89. The van der Waals surface area contributed by atoms with Gasteiger partial charge in [-0.15, -0.1) is 0 Å². The highest BCUT2D eigenvalue weighted by Gasteiger charge is 2.23. The van der Waals surface area contributed by atoms with Gasteiger partial charge in [0.2, 0.25) is 5.95 Å². The van der Waals surface area contributed by atoms with Crippen molar-refractivity contribution in [3.63, 3.8) is 0 Å². The lowest BCUT2D eigenvalue weighted by Crippen LogP contribution is -2.12. The molecule has 0 saturated heterocycles. The molecule has 27 heavy (non-hydrogen) atoms. The van der Waals surface area contributed by atoms with Crippen molar-refractivity contribution >= 4 is 11.6 Å². The quantitative estimate of drug-likeness (QED) is 0.671. The van der Waals surface area contributed by atoms with Crippen LogP contribution in [0.5, 0.6) is 0 Å². The summed E-state index contributed by atoms with van der Waals surface area (Å²) in [7, 11) is 0. The molecule has 0 unspecified atom stereocenters. The molecule has 0 spiro atoms. The van der Waals surface area contributed by atoms with Crippen molar-refractivity contribution in [3.8, 4) is 22.5 Å². The molecule has 3 N–H and O–H groups in total. The summed E-state index contributed by atoms with van der Waals surface area (Å²) in [6.45, 7) is 6.14. The monoisotopic (exact) mass is 362 g/mol. The van der Waals surface area contributed by atoms with Crippen LogP contribution in [0.2, 0.25) is 0 Å². The molecule has 1 aromatic carbocycles. The summed E-state index contributed by atoms with van der Waals surface area (Å²) >= 11 is 0. The van der Waals surface area contributed by atoms with Gasteiger partial charge in [-0.25, -0.2) is 9.97 Å². The molecular formula is C21H26N6. The summed E-state index contributed by atoms with van der Waals surface area (Å²) in [4.78, 5) is 9.18. The van der Waals surface area contributed by atoms with Crippen LogP contribution < -0.4 is 11.1 Å². The van der Waals surface area contributed by atoms with Crippen molar-refractivity contribution in [2.24, 2.45) is 5.92 Å². The molecule has 0 amide bonds. The first-order valence-corrected chi connectivity index (χ1v) is 9.64. The van der Waals surface area contributed by atoms with Crippen LogP contribution in [-0.4, -0.2) is 26.3 Å². The Morgan fingerprint density at radius 2 is 2.11 bits per heavy atom. The van der Waals surface area contributed by atoms with Crippen LogP contribution in [0.25, 0.3) is 22.5 Å². The van der Waals surface area contributed by atoms with Gasteiger partial charge in [-0.05, 0) is 43.4 Å². The predicted octanol–water partition coefficient (Wildman–Crippen LogP) is 3.99. The van der Waals surface area contributed by atoms with Gasteiger partial charge >= 0.3 is 0 Å². The van der Waals surface area contributed by atoms with Crippen molar-refractivity contribution < 1.29 is 0 Å². The Morgan fingerprint density at radius 3 is 2.93 bits per heavy atom. The normalized spacial score (nSPS) is 13.6. The largest absolute Gasteiger partial charge is 0.399 e. The van der Waals surface area contributed by atoms with Crippen molar-refractivity contribution in [3.05, 3.63) is 42.2 Å². The fourth-order valence-electron chi connectivity index (χ4n) is 3.53. The van der Waals surface area contributed by atoms with E-state index in [0.717, 1.165) is 54.1 Å². The van der Waals surface area contributed by atoms with E-state index in [9.17, 15) is 0 Å². The summed E-state index contributed by atoms with van der Waals surface area (Å²) in [6.07, 6.45) is 5.18. The number of rotatable bonds is 5. The Morgan fingerprint density at radius 1 is 1.22 bits per heavy atom. The standard InChI is InChI=1S/C21H26N6/c1-14(2)13-24-21-23-10-9-17(25-21)19-18-8-3-4-11-27(18)26-20(19)15-6-5-7-16(22)12-15/h5-7,9-10,12,14H,3-4,8,11,13,22H2,1-2H3,(H,23,24,25). The number of aryl methyl sites for hydroxylation is 1. The van der Waals surface area contributed by atoms with E-state index in [4.69, 9.17) is 15.8 Å². The number of benzene rings is 1. The highest BCUT2D eigenvalue weighted by atomic mass is 15.3. The predicted molar refractivity (Wildman–Crippen MR) is 109 cm³/mol. The van der Waals surface area contributed by atoms with Crippen molar-refractivity contribution in [2.75, 3.05) is 17.6 Å². The maximum absolute atomic E-state index is 6.03. The SMILES string of the molecule is CC(C)CNc1nccc(-c2c(-c3cccc(N)c3)nn3c2CCCC3)n1. The van der Waals surface area contributed by atoms with Gasteiger partial charge in [0.1, 0.15) is 5.69 Å². The van der Waals surface area contributed by atoms with Gasteiger partial charge < -0.3 is 11.1 Å². The Balaban J connectivity index is 1.82. The number of nitrogens with one attached hydrogen (secondary N) is 1. The second-order valence-electron chi connectivity index (χ2n) is 7.52. The topological polar surface area (TPSA) is 81.6 Å². The molecular weight excluding hydrogens is 336 g/mol. The van der Waals surface area contributed by atoms with Gasteiger partial charge in [-0.3, -0.25) is 4.68 Å².